The third-order valence-corrected chi connectivity index (χ3v) is 3.95. The number of nitrogens with zero attached hydrogens (tertiary/aromatic N) is 3. The Bertz CT molecular complexity index is 613. The number of aliphatic imine (C=N–C) groups is 1. The average Bonchev–Trinajstić information content (AvgIpc) is 2.87. The van der Waals surface area contributed by atoms with Crippen LogP contribution in [0.3, 0.4) is 0 Å². The van der Waals surface area contributed by atoms with E-state index < -0.39 is 5.66 Å². The summed E-state index contributed by atoms with van der Waals surface area (Å²) in [6, 6.07) is 1.96. The van der Waals surface area contributed by atoms with Gasteiger partial charge in [0.1, 0.15) is 0 Å². The van der Waals surface area contributed by atoms with Crippen LogP contribution in [-0.2, 0) is 19.1 Å². The summed E-state index contributed by atoms with van der Waals surface area (Å²) < 4.78 is 1.75. The van der Waals surface area contributed by atoms with E-state index in [2.05, 4.69) is 15.4 Å². The van der Waals surface area contributed by atoms with Gasteiger partial charge in [-0.15, -0.1) is 11.3 Å². The first kappa shape index (κ1) is 11.2. The fraction of sp³-hybridized carbons (Fsp3) is 0.273. The fourth-order valence-corrected chi connectivity index (χ4v) is 3.08. The lowest BCUT2D eigenvalue weighted by molar-refractivity contribution is 0.472. The lowest BCUT2D eigenvalue weighted by Crippen LogP contribution is -2.43. The summed E-state index contributed by atoms with van der Waals surface area (Å²) in [7, 11) is 1.88. The molecule has 6 nitrogen and oxygen atoms in total. The predicted octanol–water partition coefficient (Wildman–Crippen LogP) is 0.576. The third kappa shape index (κ3) is 1.77. The minimum absolute atomic E-state index is 0.354. The van der Waals surface area contributed by atoms with E-state index in [1.165, 1.54) is 0 Å². The highest BCUT2D eigenvalue weighted by Gasteiger charge is 2.35. The van der Waals surface area contributed by atoms with Gasteiger partial charge in [0, 0.05) is 19.7 Å². The van der Waals surface area contributed by atoms with Crippen LogP contribution in [0.2, 0.25) is 0 Å². The zero-order chi connectivity index (χ0) is 12.8. The van der Waals surface area contributed by atoms with Crippen LogP contribution in [-0.4, -0.2) is 15.7 Å². The van der Waals surface area contributed by atoms with E-state index in [1.54, 1.807) is 22.2 Å². The summed E-state index contributed by atoms with van der Waals surface area (Å²) in [6.07, 6.45) is 4.32. The molecule has 3 rings (SSSR count). The van der Waals surface area contributed by atoms with Gasteiger partial charge in [-0.3, -0.25) is 4.68 Å². The van der Waals surface area contributed by atoms with Gasteiger partial charge in [0.05, 0.1) is 16.8 Å². The van der Waals surface area contributed by atoms with Crippen LogP contribution in [0, 0.1) is 0 Å². The topological polar surface area (TPSA) is 94.2 Å². The van der Waals surface area contributed by atoms with Gasteiger partial charge in [0.15, 0.2) is 11.6 Å². The Hall–Kier alpha value is -1.86. The van der Waals surface area contributed by atoms with Crippen molar-refractivity contribution in [2.45, 2.75) is 12.1 Å². The van der Waals surface area contributed by atoms with E-state index in [4.69, 9.17) is 11.5 Å². The van der Waals surface area contributed by atoms with Crippen molar-refractivity contribution >= 4 is 23.0 Å². The molecule has 94 valence electrons. The second-order valence-corrected chi connectivity index (χ2v) is 5.32. The molecule has 2 aromatic heterocycles. The van der Waals surface area contributed by atoms with Gasteiger partial charge in [0.25, 0.3) is 0 Å². The summed E-state index contributed by atoms with van der Waals surface area (Å²) in [5, 5.41) is 9.15. The molecule has 0 radical (unpaired) electrons. The van der Waals surface area contributed by atoms with Crippen LogP contribution in [0.15, 0.2) is 28.8 Å². The molecule has 7 heteroatoms. The molecule has 2 aromatic rings. The molecule has 3 heterocycles. The normalized spacial score (nSPS) is 22.2. The van der Waals surface area contributed by atoms with Crippen LogP contribution in [0.5, 0.6) is 0 Å². The lowest BCUT2D eigenvalue weighted by Gasteiger charge is -2.29. The Labute approximate surface area is 108 Å². The highest BCUT2D eigenvalue weighted by atomic mass is 32.1. The van der Waals surface area contributed by atoms with Crippen LogP contribution in [0.1, 0.15) is 10.4 Å². The Morgan fingerprint density at radius 1 is 1.56 bits per heavy atom. The van der Waals surface area contributed by atoms with Crippen molar-refractivity contribution < 1.29 is 0 Å². The number of rotatable bonds is 2. The van der Waals surface area contributed by atoms with Crippen LogP contribution >= 0.6 is 11.3 Å². The molecule has 1 aliphatic heterocycles. The van der Waals surface area contributed by atoms with Crippen molar-refractivity contribution in [3.63, 3.8) is 0 Å². The van der Waals surface area contributed by atoms with E-state index in [0.29, 0.717) is 12.4 Å². The summed E-state index contributed by atoms with van der Waals surface area (Å²) in [5.41, 5.74) is 13.4. The molecule has 18 heavy (non-hydrogen) atoms. The Morgan fingerprint density at radius 3 is 3.11 bits per heavy atom. The highest BCUT2D eigenvalue weighted by molar-refractivity contribution is 7.10. The number of fused-ring (bicyclic) bond motifs is 1. The third-order valence-electron chi connectivity index (χ3n) is 2.87. The van der Waals surface area contributed by atoms with E-state index in [0.717, 1.165) is 16.1 Å². The smallest absolute Gasteiger partial charge is 0.195 e. The van der Waals surface area contributed by atoms with Gasteiger partial charge in [-0.25, -0.2) is 4.99 Å². The largest absolute Gasteiger partial charge is 0.370 e. The molecule has 1 atom stereocenters. The van der Waals surface area contributed by atoms with Crippen LogP contribution in [0.25, 0.3) is 0 Å². The molecule has 0 fully saturated rings. The molecule has 0 aliphatic carbocycles. The van der Waals surface area contributed by atoms with Gasteiger partial charge in [-0.1, -0.05) is 0 Å². The van der Waals surface area contributed by atoms with Crippen molar-refractivity contribution in [2.24, 2.45) is 23.5 Å². The molecule has 0 saturated heterocycles. The molecular formula is C11H14N6S. The summed E-state index contributed by atoms with van der Waals surface area (Å²) in [5.74, 6) is 0.354. The first-order valence-corrected chi connectivity index (χ1v) is 6.41. The Kier molecular flexibility index (Phi) is 2.39. The second kappa shape index (κ2) is 3.82. The van der Waals surface area contributed by atoms with E-state index in [1.807, 2.05) is 24.7 Å². The minimum atomic E-state index is -0.804. The molecular weight excluding hydrogens is 248 g/mol. The molecule has 0 saturated carbocycles. The average molecular weight is 262 g/mol. The minimum Gasteiger partial charge on any atom is -0.370 e. The predicted molar refractivity (Wildman–Crippen MR) is 72.3 cm³/mol. The first-order valence-electron chi connectivity index (χ1n) is 5.53. The van der Waals surface area contributed by atoms with Gasteiger partial charge in [0.2, 0.25) is 0 Å². The Morgan fingerprint density at radius 2 is 2.39 bits per heavy atom. The quantitative estimate of drug-likeness (QED) is 0.737. The molecule has 0 spiro atoms. The number of nitrogens with one attached hydrogen (secondary N) is 1. The van der Waals surface area contributed by atoms with Crippen LogP contribution in [0.4, 0.5) is 5.69 Å². The molecule has 0 amide bonds. The molecule has 0 aromatic carbocycles. The maximum atomic E-state index is 6.41. The molecule has 5 N–H and O–H groups in total. The zero-order valence-electron chi connectivity index (χ0n) is 9.92. The second-order valence-electron chi connectivity index (χ2n) is 4.41. The maximum Gasteiger partial charge on any atom is 0.195 e. The molecule has 1 aliphatic rings. The highest BCUT2D eigenvalue weighted by Crippen LogP contribution is 2.37. The monoisotopic (exact) mass is 262 g/mol. The van der Waals surface area contributed by atoms with Gasteiger partial charge < -0.3 is 16.8 Å². The van der Waals surface area contributed by atoms with E-state index >= 15 is 0 Å². The van der Waals surface area contributed by atoms with Gasteiger partial charge in [-0.05, 0) is 17.0 Å². The van der Waals surface area contributed by atoms with Crippen molar-refractivity contribution in [1.29, 1.82) is 0 Å². The van der Waals surface area contributed by atoms with Crippen molar-refractivity contribution in [2.75, 3.05) is 5.32 Å². The van der Waals surface area contributed by atoms with Crippen molar-refractivity contribution in [3.8, 4) is 0 Å². The number of nitrogens with two attached hydrogens (primary N) is 2. The first-order chi connectivity index (χ1) is 8.57. The summed E-state index contributed by atoms with van der Waals surface area (Å²) in [4.78, 5) is 5.37. The number of aryl methyl sites for hydroxylation is 1. The number of guanidine groups is 1. The standard InChI is InChI=1S/C11H14N6S/c1-17-6-7(5-14-17)4-11(13)9-8(2-3-18-9)15-10(12)16-11/h2-3,5-6H,4,13H2,1H3,(H3,12,15,16). The summed E-state index contributed by atoms with van der Waals surface area (Å²) >= 11 is 1.58. The van der Waals surface area contributed by atoms with E-state index in [-0.39, 0.29) is 0 Å². The number of anilines is 1. The Balaban J connectivity index is 2.00. The summed E-state index contributed by atoms with van der Waals surface area (Å²) in [6.45, 7) is 0. The number of aromatic nitrogens is 2. The van der Waals surface area contributed by atoms with Crippen molar-refractivity contribution in [1.82, 2.24) is 9.78 Å². The fourth-order valence-electron chi connectivity index (χ4n) is 2.17. The molecule has 0 bridgehead atoms. The van der Waals surface area contributed by atoms with Gasteiger partial charge >= 0.3 is 0 Å². The number of hydrogen-bond acceptors (Lipinski definition) is 6. The number of hydrogen-bond donors (Lipinski definition) is 3. The zero-order valence-corrected chi connectivity index (χ0v) is 10.7. The van der Waals surface area contributed by atoms with Crippen LogP contribution < -0.4 is 16.8 Å². The number of thiophene rings is 1. The SMILES string of the molecule is Cn1cc(CC2(N)N=C(N)Nc3ccsc32)cn1. The molecule has 1 unspecified atom stereocenters. The lowest BCUT2D eigenvalue weighted by atomic mass is 10.00. The maximum absolute atomic E-state index is 6.41. The van der Waals surface area contributed by atoms with Crippen molar-refractivity contribution in [3.05, 3.63) is 34.3 Å². The van der Waals surface area contributed by atoms with E-state index in [9.17, 15) is 0 Å². The van der Waals surface area contributed by atoms with Gasteiger partial charge in [-0.2, -0.15) is 5.10 Å².